The molecule has 1 aliphatic carbocycles. The highest BCUT2D eigenvalue weighted by Crippen LogP contribution is 2.38. The number of amides is 2. The van der Waals surface area contributed by atoms with Gasteiger partial charge in [-0.05, 0) is 12.8 Å². The van der Waals surface area contributed by atoms with Crippen molar-refractivity contribution in [1.82, 2.24) is 10.6 Å². The zero-order chi connectivity index (χ0) is 13.2. The largest absolute Gasteiger partial charge is 0.409 e. The molecule has 1 aliphatic heterocycles. The van der Waals surface area contributed by atoms with Crippen molar-refractivity contribution < 1.29 is 14.8 Å². The van der Waals surface area contributed by atoms with E-state index < -0.39 is 5.41 Å². The summed E-state index contributed by atoms with van der Waals surface area (Å²) in [4.78, 5) is 23.4. The van der Waals surface area contributed by atoms with Crippen LogP contribution in [0.5, 0.6) is 0 Å². The third-order valence-corrected chi connectivity index (χ3v) is 3.80. The van der Waals surface area contributed by atoms with Gasteiger partial charge in [0.15, 0.2) is 5.84 Å². The molecule has 0 radical (unpaired) electrons. The first-order valence-electron chi connectivity index (χ1n) is 6.14. The van der Waals surface area contributed by atoms with E-state index in [4.69, 9.17) is 10.9 Å². The Morgan fingerprint density at radius 2 is 2.17 bits per heavy atom. The SMILES string of the molecule is NC(=NO)C1(C(=O)NC2CNC(=O)C2)CCCC1. The lowest BCUT2D eigenvalue weighted by Crippen LogP contribution is -2.51. The summed E-state index contributed by atoms with van der Waals surface area (Å²) < 4.78 is 0. The van der Waals surface area contributed by atoms with Gasteiger partial charge >= 0.3 is 0 Å². The molecular formula is C11H18N4O3. The number of hydrogen-bond acceptors (Lipinski definition) is 4. The zero-order valence-electron chi connectivity index (χ0n) is 10.1. The number of nitrogens with zero attached hydrogens (tertiary/aromatic N) is 1. The van der Waals surface area contributed by atoms with E-state index in [1.807, 2.05) is 0 Å². The fourth-order valence-corrected chi connectivity index (χ4v) is 2.70. The van der Waals surface area contributed by atoms with Crippen LogP contribution in [0.3, 0.4) is 0 Å². The van der Waals surface area contributed by atoms with Crippen LogP contribution >= 0.6 is 0 Å². The Bertz CT molecular complexity index is 388. The van der Waals surface area contributed by atoms with Crippen molar-refractivity contribution in [1.29, 1.82) is 0 Å². The van der Waals surface area contributed by atoms with Crippen LogP contribution < -0.4 is 16.4 Å². The fourth-order valence-electron chi connectivity index (χ4n) is 2.70. The van der Waals surface area contributed by atoms with Crippen molar-refractivity contribution in [3.63, 3.8) is 0 Å². The number of amidine groups is 1. The Kier molecular flexibility index (Phi) is 3.40. The Labute approximate surface area is 105 Å². The number of nitrogens with two attached hydrogens (primary N) is 1. The molecule has 0 aromatic heterocycles. The number of hydrogen-bond donors (Lipinski definition) is 4. The highest BCUT2D eigenvalue weighted by Gasteiger charge is 2.46. The minimum atomic E-state index is -0.902. The Morgan fingerprint density at radius 1 is 1.50 bits per heavy atom. The minimum absolute atomic E-state index is 0.0326. The van der Waals surface area contributed by atoms with Crippen LogP contribution in [0.15, 0.2) is 5.16 Å². The molecular weight excluding hydrogens is 236 g/mol. The van der Waals surface area contributed by atoms with Gasteiger partial charge in [-0.1, -0.05) is 18.0 Å². The van der Waals surface area contributed by atoms with Crippen LogP contribution in [-0.4, -0.2) is 35.4 Å². The number of nitrogens with one attached hydrogen (secondary N) is 2. The van der Waals surface area contributed by atoms with Crippen molar-refractivity contribution in [2.45, 2.75) is 38.1 Å². The lowest BCUT2D eigenvalue weighted by molar-refractivity contribution is -0.128. The molecule has 0 aromatic rings. The zero-order valence-corrected chi connectivity index (χ0v) is 10.1. The first-order valence-corrected chi connectivity index (χ1v) is 6.14. The van der Waals surface area contributed by atoms with E-state index in [9.17, 15) is 9.59 Å². The Hall–Kier alpha value is -1.79. The van der Waals surface area contributed by atoms with Gasteiger partial charge in [-0.25, -0.2) is 0 Å². The average Bonchev–Trinajstić information content (AvgIpc) is 2.98. The molecule has 7 nitrogen and oxygen atoms in total. The summed E-state index contributed by atoms with van der Waals surface area (Å²) in [5, 5.41) is 17.3. The average molecular weight is 254 g/mol. The number of carbonyl (C=O) groups excluding carboxylic acids is 2. The second-order valence-corrected chi connectivity index (χ2v) is 4.95. The van der Waals surface area contributed by atoms with Gasteiger partial charge in [0.1, 0.15) is 5.41 Å². The molecule has 1 saturated heterocycles. The van der Waals surface area contributed by atoms with Crippen molar-refractivity contribution in [2.75, 3.05) is 6.54 Å². The van der Waals surface area contributed by atoms with Gasteiger partial charge < -0.3 is 21.6 Å². The fraction of sp³-hybridized carbons (Fsp3) is 0.727. The van der Waals surface area contributed by atoms with Crippen LogP contribution in [0, 0.1) is 5.41 Å². The predicted molar refractivity (Wildman–Crippen MR) is 63.9 cm³/mol. The van der Waals surface area contributed by atoms with Gasteiger partial charge in [-0.3, -0.25) is 9.59 Å². The first kappa shape index (κ1) is 12.7. The molecule has 2 amide bonds. The molecule has 7 heteroatoms. The van der Waals surface area contributed by atoms with E-state index >= 15 is 0 Å². The molecule has 1 unspecified atom stereocenters. The van der Waals surface area contributed by atoms with Crippen LogP contribution in [0.2, 0.25) is 0 Å². The van der Waals surface area contributed by atoms with Crippen LogP contribution in [0.4, 0.5) is 0 Å². The summed E-state index contributed by atoms with van der Waals surface area (Å²) in [6.45, 7) is 0.441. The standard InChI is InChI=1S/C11H18N4O3/c12-9(15-18)11(3-1-2-4-11)10(17)14-7-5-8(16)13-6-7/h7,18H,1-6H2,(H2,12,15)(H,13,16)(H,14,17). The topological polar surface area (TPSA) is 117 Å². The van der Waals surface area contributed by atoms with Crippen LogP contribution in [0.25, 0.3) is 0 Å². The molecule has 1 saturated carbocycles. The van der Waals surface area contributed by atoms with E-state index in [1.165, 1.54) is 0 Å². The summed E-state index contributed by atoms with van der Waals surface area (Å²) in [6.07, 6.45) is 3.22. The van der Waals surface area contributed by atoms with Gasteiger partial charge in [0, 0.05) is 13.0 Å². The molecule has 0 aromatic carbocycles. The van der Waals surface area contributed by atoms with Crippen molar-refractivity contribution in [3.05, 3.63) is 0 Å². The third kappa shape index (κ3) is 2.12. The molecule has 2 aliphatic rings. The predicted octanol–water partition coefficient (Wildman–Crippen LogP) is -0.702. The van der Waals surface area contributed by atoms with Gasteiger partial charge in [-0.2, -0.15) is 0 Å². The van der Waals surface area contributed by atoms with E-state index in [0.717, 1.165) is 12.8 Å². The number of oxime groups is 1. The maximum atomic E-state index is 12.3. The molecule has 0 spiro atoms. The van der Waals surface area contributed by atoms with Gasteiger partial charge in [0.25, 0.3) is 0 Å². The quantitative estimate of drug-likeness (QED) is 0.230. The van der Waals surface area contributed by atoms with Crippen molar-refractivity contribution >= 4 is 17.6 Å². The lowest BCUT2D eigenvalue weighted by atomic mass is 9.83. The Balaban J connectivity index is 2.07. The van der Waals surface area contributed by atoms with Gasteiger partial charge in [0.05, 0.1) is 6.04 Å². The smallest absolute Gasteiger partial charge is 0.234 e. The number of carbonyl (C=O) groups is 2. The highest BCUT2D eigenvalue weighted by molar-refractivity contribution is 6.07. The summed E-state index contributed by atoms with van der Waals surface area (Å²) in [7, 11) is 0. The van der Waals surface area contributed by atoms with Crippen LogP contribution in [0.1, 0.15) is 32.1 Å². The normalized spacial score (nSPS) is 27.0. The van der Waals surface area contributed by atoms with Crippen LogP contribution in [-0.2, 0) is 9.59 Å². The summed E-state index contributed by atoms with van der Waals surface area (Å²) in [5.74, 6) is -0.337. The maximum absolute atomic E-state index is 12.3. The highest BCUT2D eigenvalue weighted by atomic mass is 16.4. The molecule has 1 heterocycles. The summed E-state index contributed by atoms with van der Waals surface area (Å²) in [6, 6.07) is -0.200. The van der Waals surface area contributed by atoms with E-state index in [-0.39, 0.29) is 30.1 Å². The van der Waals surface area contributed by atoms with E-state index in [0.29, 0.717) is 19.4 Å². The first-order chi connectivity index (χ1) is 8.58. The molecule has 5 N–H and O–H groups in total. The summed E-state index contributed by atoms with van der Waals surface area (Å²) >= 11 is 0. The molecule has 0 bridgehead atoms. The Morgan fingerprint density at radius 3 is 2.67 bits per heavy atom. The third-order valence-electron chi connectivity index (χ3n) is 3.80. The summed E-state index contributed by atoms with van der Waals surface area (Å²) in [5.41, 5.74) is 4.77. The van der Waals surface area contributed by atoms with Gasteiger partial charge in [0.2, 0.25) is 11.8 Å². The van der Waals surface area contributed by atoms with E-state index in [1.54, 1.807) is 0 Å². The maximum Gasteiger partial charge on any atom is 0.234 e. The molecule has 1 atom stereocenters. The molecule has 18 heavy (non-hydrogen) atoms. The molecule has 2 fully saturated rings. The van der Waals surface area contributed by atoms with Crippen molar-refractivity contribution in [2.24, 2.45) is 16.3 Å². The molecule has 2 rings (SSSR count). The molecule has 100 valence electrons. The minimum Gasteiger partial charge on any atom is -0.409 e. The lowest BCUT2D eigenvalue weighted by Gasteiger charge is -2.27. The number of rotatable bonds is 3. The van der Waals surface area contributed by atoms with E-state index in [2.05, 4.69) is 15.8 Å². The second-order valence-electron chi connectivity index (χ2n) is 4.95. The second kappa shape index (κ2) is 4.83. The van der Waals surface area contributed by atoms with Crippen molar-refractivity contribution in [3.8, 4) is 0 Å². The van der Waals surface area contributed by atoms with Gasteiger partial charge in [-0.15, -0.1) is 0 Å². The monoisotopic (exact) mass is 254 g/mol.